The number of rotatable bonds is 7. The van der Waals surface area contributed by atoms with Crippen LogP contribution in [0, 0.1) is 5.92 Å². The Morgan fingerprint density at radius 2 is 2.00 bits per heavy atom. The van der Waals surface area contributed by atoms with Gasteiger partial charge in [-0.05, 0) is 42.7 Å². The summed E-state index contributed by atoms with van der Waals surface area (Å²) >= 11 is 0. The first-order valence-corrected chi connectivity index (χ1v) is 9.91. The highest BCUT2D eigenvalue weighted by atomic mass is 16.5. The summed E-state index contributed by atoms with van der Waals surface area (Å²) in [6.45, 7) is 4.53. The number of methoxy groups -OCH3 is 1. The van der Waals surface area contributed by atoms with Gasteiger partial charge in [-0.3, -0.25) is 4.79 Å². The molecule has 0 unspecified atom stereocenters. The molecule has 2 heterocycles. The highest BCUT2D eigenvalue weighted by Gasteiger charge is 2.20. The van der Waals surface area contributed by atoms with Crippen molar-refractivity contribution in [3.05, 3.63) is 60.6 Å². The van der Waals surface area contributed by atoms with E-state index in [2.05, 4.69) is 24.1 Å². The minimum absolute atomic E-state index is 0.0450. The first-order chi connectivity index (χ1) is 14.0. The van der Waals surface area contributed by atoms with Gasteiger partial charge in [-0.2, -0.15) is 0 Å². The Morgan fingerprint density at radius 3 is 2.76 bits per heavy atom. The molecule has 4 rings (SSSR count). The lowest BCUT2D eigenvalue weighted by molar-refractivity contribution is -0.122. The lowest BCUT2D eigenvalue weighted by Crippen LogP contribution is -2.32. The van der Waals surface area contributed by atoms with Gasteiger partial charge in [0.25, 0.3) is 0 Å². The van der Waals surface area contributed by atoms with E-state index in [1.54, 1.807) is 7.11 Å². The van der Waals surface area contributed by atoms with Crippen LogP contribution in [0.5, 0.6) is 5.75 Å². The Balaban J connectivity index is 1.55. The number of aromatic nitrogens is 3. The molecule has 150 valence electrons. The van der Waals surface area contributed by atoms with Crippen LogP contribution >= 0.6 is 0 Å². The first-order valence-electron chi connectivity index (χ1n) is 9.91. The number of imidazole rings is 1. The summed E-state index contributed by atoms with van der Waals surface area (Å²) in [5, 5.41) is 4.17. The molecule has 4 aromatic rings. The van der Waals surface area contributed by atoms with Crippen molar-refractivity contribution in [2.24, 2.45) is 5.92 Å². The third kappa shape index (κ3) is 3.97. The van der Waals surface area contributed by atoms with Gasteiger partial charge in [-0.25, -0.2) is 4.98 Å². The fourth-order valence-electron chi connectivity index (χ4n) is 3.75. The zero-order valence-corrected chi connectivity index (χ0v) is 17.0. The second-order valence-electron chi connectivity index (χ2n) is 7.73. The van der Waals surface area contributed by atoms with E-state index in [4.69, 9.17) is 9.72 Å². The summed E-state index contributed by atoms with van der Waals surface area (Å²) < 4.78 is 7.36. The molecule has 0 radical (unpaired) electrons. The predicted molar refractivity (Wildman–Crippen MR) is 115 cm³/mol. The molecule has 2 N–H and O–H groups in total. The van der Waals surface area contributed by atoms with Gasteiger partial charge >= 0.3 is 0 Å². The van der Waals surface area contributed by atoms with Crippen molar-refractivity contribution in [1.82, 2.24) is 19.9 Å². The number of benzene rings is 2. The molecule has 29 heavy (non-hydrogen) atoms. The Morgan fingerprint density at radius 1 is 1.17 bits per heavy atom. The number of nitrogens with zero attached hydrogens (tertiary/aromatic N) is 2. The SMILES string of the molecule is COc1cccc2c1ccn2CC(=O)N[C@H](CC(C)C)c1nc2ccccc2[nH]1. The molecule has 0 aliphatic heterocycles. The van der Waals surface area contributed by atoms with E-state index < -0.39 is 0 Å². The van der Waals surface area contributed by atoms with Gasteiger partial charge in [0.15, 0.2) is 0 Å². The predicted octanol–water partition coefficient (Wildman–Crippen LogP) is 4.43. The summed E-state index contributed by atoms with van der Waals surface area (Å²) in [6, 6.07) is 15.6. The molecular formula is C23H26N4O2. The number of nitrogens with one attached hydrogen (secondary N) is 2. The number of hydrogen-bond acceptors (Lipinski definition) is 3. The number of carbonyl (C=O) groups excluding carboxylic acids is 1. The summed E-state index contributed by atoms with van der Waals surface area (Å²) in [5.74, 6) is 1.98. The van der Waals surface area contributed by atoms with E-state index in [0.29, 0.717) is 5.92 Å². The summed E-state index contributed by atoms with van der Waals surface area (Å²) in [5.41, 5.74) is 2.87. The summed E-state index contributed by atoms with van der Waals surface area (Å²) in [4.78, 5) is 20.9. The maximum atomic E-state index is 12.9. The third-order valence-corrected chi connectivity index (χ3v) is 5.09. The molecule has 6 nitrogen and oxygen atoms in total. The Kier molecular flexibility index (Phi) is 5.25. The Bertz CT molecular complexity index is 1110. The van der Waals surface area contributed by atoms with Crippen molar-refractivity contribution in [3.8, 4) is 5.75 Å². The van der Waals surface area contributed by atoms with Crippen LogP contribution in [0.4, 0.5) is 0 Å². The minimum Gasteiger partial charge on any atom is -0.496 e. The Hall–Kier alpha value is -3.28. The molecule has 2 aromatic carbocycles. The number of H-pyrrole nitrogens is 1. The molecule has 1 amide bonds. The molecule has 0 saturated carbocycles. The molecule has 0 spiro atoms. The number of para-hydroxylation sites is 2. The topological polar surface area (TPSA) is 71.9 Å². The molecule has 2 aromatic heterocycles. The zero-order chi connectivity index (χ0) is 20.4. The van der Waals surface area contributed by atoms with E-state index in [1.165, 1.54) is 0 Å². The lowest BCUT2D eigenvalue weighted by Gasteiger charge is -2.19. The van der Waals surface area contributed by atoms with Crippen LogP contribution in [0.1, 0.15) is 32.1 Å². The summed E-state index contributed by atoms with van der Waals surface area (Å²) in [7, 11) is 1.66. The van der Waals surface area contributed by atoms with Gasteiger partial charge in [0.1, 0.15) is 18.1 Å². The van der Waals surface area contributed by atoms with E-state index in [9.17, 15) is 4.79 Å². The molecule has 6 heteroatoms. The maximum Gasteiger partial charge on any atom is 0.240 e. The van der Waals surface area contributed by atoms with Crippen molar-refractivity contribution in [2.45, 2.75) is 32.9 Å². The number of ether oxygens (including phenoxy) is 1. The molecule has 0 aliphatic carbocycles. The normalized spacial score (nSPS) is 12.6. The number of carbonyl (C=O) groups is 1. The lowest BCUT2D eigenvalue weighted by atomic mass is 10.0. The van der Waals surface area contributed by atoms with Crippen LogP contribution in [0.25, 0.3) is 21.9 Å². The maximum absolute atomic E-state index is 12.9. The van der Waals surface area contributed by atoms with Gasteiger partial charge in [-0.15, -0.1) is 0 Å². The van der Waals surface area contributed by atoms with E-state index in [-0.39, 0.29) is 18.5 Å². The summed E-state index contributed by atoms with van der Waals surface area (Å²) in [6.07, 6.45) is 2.73. The fourth-order valence-corrected chi connectivity index (χ4v) is 3.75. The smallest absolute Gasteiger partial charge is 0.240 e. The van der Waals surface area contributed by atoms with Gasteiger partial charge in [-0.1, -0.05) is 32.0 Å². The molecule has 0 fully saturated rings. The number of hydrogen-bond donors (Lipinski definition) is 2. The number of aromatic amines is 1. The van der Waals surface area contributed by atoms with E-state index in [1.807, 2.05) is 59.3 Å². The monoisotopic (exact) mass is 390 g/mol. The minimum atomic E-state index is -0.161. The van der Waals surface area contributed by atoms with Crippen molar-refractivity contribution >= 4 is 27.8 Å². The molecule has 0 bridgehead atoms. The standard InChI is InChI=1S/C23H26N4O2/c1-15(2)13-19(23-25-17-7-4-5-8-18(17)26-23)24-22(28)14-27-12-11-16-20(27)9-6-10-21(16)29-3/h4-12,15,19H,13-14H2,1-3H3,(H,24,28)(H,25,26)/t19-/m1/s1. The quantitative estimate of drug-likeness (QED) is 0.490. The average molecular weight is 390 g/mol. The second-order valence-corrected chi connectivity index (χ2v) is 7.73. The van der Waals surface area contributed by atoms with Crippen LogP contribution in [0.15, 0.2) is 54.7 Å². The first kappa shape index (κ1) is 19.1. The Labute approximate surface area is 169 Å². The zero-order valence-electron chi connectivity index (χ0n) is 17.0. The van der Waals surface area contributed by atoms with Crippen molar-refractivity contribution < 1.29 is 9.53 Å². The van der Waals surface area contributed by atoms with Gasteiger partial charge < -0.3 is 19.6 Å². The van der Waals surface area contributed by atoms with Gasteiger partial charge in [0, 0.05) is 11.6 Å². The molecule has 1 atom stereocenters. The molecule has 0 saturated heterocycles. The van der Waals surface area contributed by atoms with E-state index >= 15 is 0 Å². The molecular weight excluding hydrogens is 364 g/mol. The highest BCUT2D eigenvalue weighted by Crippen LogP contribution is 2.26. The van der Waals surface area contributed by atoms with Crippen LogP contribution in [-0.4, -0.2) is 27.6 Å². The van der Waals surface area contributed by atoms with Crippen molar-refractivity contribution in [3.63, 3.8) is 0 Å². The van der Waals surface area contributed by atoms with Gasteiger partial charge in [0.2, 0.25) is 5.91 Å². The van der Waals surface area contributed by atoms with Crippen molar-refractivity contribution in [1.29, 1.82) is 0 Å². The van der Waals surface area contributed by atoms with Gasteiger partial charge in [0.05, 0.1) is 29.7 Å². The van der Waals surface area contributed by atoms with Crippen LogP contribution < -0.4 is 10.1 Å². The third-order valence-electron chi connectivity index (χ3n) is 5.09. The second kappa shape index (κ2) is 7.99. The number of amides is 1. The highest BCUT2D eigenvalue weighted by molar-refractivity contribution is 5.88. The van der Waals surface area contributed by atoms with E-state index in [0.717, 1.165) is 39.9 Å². The van der Waals surface area contributed by atoms with Crippen LogP contribution in [-0.2, 0) is 11.3 Å². The fraction of sp³-hybridized carbons (Fsp3) is 0.304. The number of fused-ring (bicyclic) bond motifs is 2. The molecule has 0 aliphatic rings. The largest absolute Gasteiger partial charge is 0.496 e. The average Bonchev–Trinajstić information content (AvgIpc) is 3.31. The van der Waals surface area contributed by atoms with Crippen LogP contribution in [0.3, 0.4) is 0 Å². The van der Waals surface area contributed by atoms with Crippen molar-refractivity contribution in [2.75, 3.05) is 7.11 Å². The van der Waals surface area contributed by atoms with Crippen LogP contribution in [0.2, 0.25) is 0 Å².